The summed E-state index contributed by atoms with van der Waals surface area (Å²) in [6, 6.07) is 7.46. The fraction of sp³-hybridized carbons (Fsp3) is 0.462. The van der Waals surface area contributed by atoms with E-state index in [1.54, 1.807) is 19.2 Å². The van der Waals surface area contributed by atoms with Crippen molar-refractivity contribution in [2.45, 2.75) is 18.9 Å². The van der Waals surface area contributed by atoms with Crippen LogP contribution < -0.4 is 10.5 Å². The number of benzene rings is 1. The second-order valence-electron chi connectivity index (χ2n) is 4.36. The molecule has 1 amide bonds. The molecule has 1 aliphatic rings. The molecule has 92 valence electrons. The lowest BCUT2D eigenvalue weighted by Gasteiger charge is -2.30. The van der Waals surface area contributed by atoms with Gasteiger partial charge in [-0.3, -0.25) is 4.79 Å². The van der Waals surface area contributed by atoms with E-state index in [0.29, 0.717) is 5.56 Å². The first-order chi connectivity index (χ1) is 8.20. The Balaban J connectivity index is 2.03. The third-order valence-electron chi connectivity index (χ3n) is 3.16. The van der Waals surface area contributed by atoms with Crippen LogP contribution in [0.2, 0.25) is 0 Å². The highest BCUT2D eigenvalue weighted by Gasteiger charge is 2.21. The van der Waals surface area contributed by atoms with Crippen LogP contribution in [0.3, 0.4) is 0 Å². The Kier molecular flexibility index (Phi) is 3.64. The van der Waals surface area contributed by atoms with Gasteiger partial charge in [-0.15, -0.1) is 0 Å². The summed E-state index contributed by atoms with van der Waals surface area (Å²) in [4.78, 5) is 14.0. The molecule has 1 aliphatic heterocycles. The van der Waals surface area contributed by atoms with Crippen molar-refractivity contribution in [3.05, 3.63) is 29.8 Å². The van der Waals surface area contributed by atoms with Gasteiger partial charge in [0.05, 0.1) is 7.11 Å². The number of piperidine rings is 1. The molecular formula is C13H18N2O2. The van der Waals surface area contributed by atoms with E-state index in [0.717, 1.165) is 31.7 Å². The predicted octanol–water partition coefficient (Wildman–Crippen LogP) is 1.26. The van der Waals surface area contributed by atoms with E-state index < -0.39 is 0 Å². The van der Waals surface area contributed by atoms with E-state index in [4.69, 9.17) is 10.5 Å². The molecule has 4 heteroatoms. The van der Waals surface area contributed by atoms with Crippen LogP contribution in [0.4, 0.5) is 0 Å². The summed E-state index contributed by atoms with van der Waals surface area (Å²) >= 11 is 0. The van der Waals surface area contributed by atoms with Gasteiger partial charge in [0.1, 0.15) is 5.75 Å². The molecule has 1 aromatic rings. The van der Waals surface area contributed by atoms with Crippen LogP contribution in [0.5, 0.6) is 5.75 Å². The van der Waals surface area contributed by atoms with Crippen molar-refractivity contribution >= 4 is 5.91 Å². The second kappa shape index (κ2) is 5.19. The van der Waals surface area contributed by atoms with Gasteiger partial charge in [0, 0.05) is 24.7 Å². The molecule has 0 spiro atoms. The molecule has 1 fully saturated rings. The Morgan fingerprint density at radius 2 is 1.88 bits per heavy atom. The molecule has 0 bridgehead atoms. The maximum absolute atomic E-state index is 12.2. The molecule has 0 aromatic heterocycles. The SMILES string of the molecule is COc1ccc(C(=O)N2CCC(N)CC2)cc1. The predicted molar refractivity (Wildman–Crippen MR) is 66.1 cm³/mol. The minimum Gasteiger partial charge on any atom is -0.497 e. The van der Waals surface area contributed by atoms with Crippen molar-refractivity contribution in [2.75, 3.05) is 20.2 Å². The number of nitrogens with zero attached hydrogens (tertiary/aromatic N) is 1. The van der Waals surface area contributed by atoms with Gasteiger partial charge in [-0.05, 0) is 37.1 Å². The number of carbonyl (C=O) groups excluding carboxylic acids is 1. The Morgan fingerprint density at radius 3 is 2.41 bits per heavy atom. The van der Waals surface area contributed by atoms with Gasteiger partial charge < -0.3 is 15.4 Å². The third-order valence-corrected chi connectivity index (χ3v) is 3.16. The zero-order valence-electron chi connectivity index (χ0n) is 10.1. The summed E-state index contributed by atoms with van der Waals surface area (Å²) in [5, 5.41) is 0. The van der Waals surface area contributed by atoms with Crippen LogP contribution in [0.15, 0.2) is 24.3 Å². The highest BCUT2D eigenvalue weighted by atomic mass is 16.5. The number of hydrogen-bond donors (Lipinski definition) is 1. The molecule has 0 unspecified atom stereocenters. The van der Waals surface area contributed by atoms with E-state index >= 15 is 0 Å². The van der Waals surface area contributed by atoms with Crippen molar-refractivity contribution in [1.29, 1.82) is 0 Å². The van der Waals surface area contributed by atoms with Gasteiger partial charge in [0.15, 0.2) is 0 Å². The minimum atomic E-state index is 0.0829. The molecule has 2 N–H and O–H groups in total. The molecule has 1 aromatic carbocycles. The van der Waals surface area contributed by atoms with Gasteiger partial charge in [-0.1, -0.05) is 0 Å². The van der Waals surface area contributed by atoms with E-state index in [-0.39, 0.29) is 11.9 Å². The summed E-state index contributed by atoms with van der Waals surface area (Å²) < 4.78 is 5.07. The lowest BCUT2D eigenvalue weighted by Crippen LogP contribution is -2.42. The molecule has 17 heavy (non-hydrogen) atoms. The number of rotatable bonds is 2. The van der Waals surface area contributed by atoms with Crippen molar-refractivity contribution in [3.8, 4) is 5.75 Å². The van der Waals surface area contributed by atoms with Crippen LogP contribution in [-0.4, -0.2) is 37.0 Å². The number of nitrogens with two attached hydrogens (primary N) is 1. The minimum absolute atomic E-state index is 0.0829. The monoisotopic (exact) mass is 234 g/mol. The molecule has 0 atom stereocenters. The molecule has 0 radical (unpaired) electrons. The summed E-state index contributed by atoms with van der Waals surface area (Å²) in [7, 11) is 1.61. The first-order valence-corrected chi connectivity index (χ1v) is 5.89. The van der Waals surface area contributed by atoms with E-state index in [1.807, 2.05) is 17.0 Å². The maximum Gasteiger partial charge on any atom is 0.253 e. The number of likely N-dealkylation sites (tertiary alicyclic amines) is 1. The van der Waals surface area contributed by atoms with E-state index in [2.05, 4.69) is 0 Å². The van der Waals surface area contributed by atoms with Gasteiger partial charge in [-0.25, -0.2) is 0 Å². The highest BCUT2D eigenvalue weighted by Crippen LogP contribution is 2.15. The first-order valence-electron chi connectivity index (χ1n) is 5.89. The standard InChI is InChI=1S/C13H18N2O2/c1-17-12-4-2-10(3-5-12)13(16)15-8-6-11(14)7-9-15/h2-5,11H,6-9,14H2,1H3. The van der Waals surface area contributed by atoms with Gasteiger partial charge in [0.25, 0.3) is 5.91 Å². The van der Waals surface area contributed by atoms with E-state index in [1.165, 1.54) is 0 Å². The lowest BCUT2D eigenvalue weighted by molar-refractivity contribution is 0.0714. The largest absolute Gasteiger partial charge is 0.497 e. The number of hydrogen-bond acceptors (Lipinski definition) is 3. The van der Waals surface area contributed by atoms with Gasteiger partial charge >= 0.3 is 0 Å². The Bertz CT molecular complexity index is 381. The van der Waals surface area contributed by atoms with Gasteiger partial charge in [-0.2, -0.15) is 0 Å². The smallest absolute Gasteiger partial charge is 0.253 e. The Morgan fingerprint density at radius 1 is 1.29 bits per heavy atom. The summed E-state index contributed by atoms with van der Waals surface area (Å²) in [5.41, 5.74) is 6.53. The van der Waals surface area contributed by atoms with Crippen molar-refractivity contribution < 1.29 is 9.53 Å². The Hall–Kier alpha value is -1.55. The van der Waals surface area contributed by atoms with Crippen molar-refractivity contribution in [2.24, 2.45) is 5.73 Å². The zero-order chi connectivity index (χ0) is 12.3. The second-order valence-corrected chi connectivity index (χ2v) is 4.36. The quantitative estimate of drug-likeness (QED) is 0.838. The first kappa shape index (κ1) is 11.9. The topological polar surface area (TPSA) is 55.6 Å². The number of amides is 1. The number of carbonyl (C=O) groups is 1. The van der Waals surface area contributed by atoms with Crippen molar-refractivity contribution in [3.63, 3.8) is 0 Å². The molecule has 1 heterocycles. The molecule has 0 saturated carbocycles. The molecular weight excluding hydrogens is 216 g/mol. The normalized spacial score (nSPS) is 16.9. The van der Waals surface area contributed by atoms with Crippen LogP contribution in [0.25, 0.3) is 0 Å². The van der Waals surface area contributed by atoms with Crippen LogP contribution in [0, 0.1) is 0 Å². The van der Waals surface area contributed by atoms with Crippen LogP contribution >= 0.6 is 0 Å². The van der Waals surface area contributed by atoms with Crippen molar-refractivity contribution in [1.82, 2.24) is 4.90 Å². The summed E-state index contributed by atoms with van der Waals surface area (Å²) in [6.07, 6.45) is 1.78. The zero-order valence-corrected chi connectivity index (χ0v) is 10.1. The average Bonchev–Trinajstić information content (AvgIpc) is 2.39. The fourth-order valence-electron chi connectivity index (χ4n) is 2.02. The summed E-state index contributed by atoms with van der Waals surface area (Å²) in [5.74, 6) is 0.849. The van der Waals surface area contributed by atoms with Gasteiger partial charge in [0.2, 0.25) is 0 Å². The summed E-state index contributed by atoms with van der Waals surface area (Å²) in [6.45, 7) is 1.51. The third kappa shape index (κ3) is 2.77. The molecule has 4 nitrogen and oxygen atoms in total. The van der Waals surface area contributed by atoms with Crippen LogP contribution in [-0.2, 0) is 0 Å². The molecule has 0 aliphatic carbocycles. The Labute approximate surface area is 101 Å². The van der Waals surface area contributed by atoms with E-state index in [9.17, 15) is 4.79 Å². The average molecular weight is 234 g/mol. The number of methoxy groups -OCH3 is 1. The fourth-order valence-corrected chi connectivity index (χ4v) is 2.02. The molecule has 2 rings (SSSR count). The maximum atomic E-state index is 12.2. The lowest BCUT2D eigenvalue weighted by atomic mass is 10.0. The molecule has 1 saturated heterocycles. The van der Waals surface area contributed by atoms with Crippen LogP contribution in [0.1, 0.15) is 23.2 Å². The highest BCUT2D eigenvalue weighted by molar-refractivity contribution is 5.94. The number of ether oxygens (including phenoxy) is 1.